The fraction of sp³-hybridized carbons (Fsp3) is 0.357. The number of benzene rings is 1. The molecule has 0 saturated carbocycles. The van der Waals surface area contributed by atoms with Gasteiger partial charge in [-0.05, 0) is 38.0 Å². The second kappa shape index (κ2) is 4.05. The van der Waals surface area contributed by atoms with Crippen LogP contribution in [0.4, 0.5) is 0 Å². The summed E-state index contributed by atoms with van der Waals surface area (Å²) in [6.45, 7) is 3.43. The molecular formula is C14H17NO3. The van der Waals surface area contributed by atoms with Gasteiger partial charge >= 0.3 is 5.97 Å². The molecule has 0 aliphatic heterocycles. The van der Waals surface area contributed by atoms with Gasteiger partial charge in [0.15, 0.2) is 0 Å². The summed E-state index contributed by atoms with van der Waals surface area (Å²) in [5, 5.41) is 19.6. The molecule has 18 heavy (non-hydrogen) atoms. The van der Waals surface area contributed by atoms with Crippen molar-refractivity contribution < 1.29 is 15.0 Å². The molecule has 0 radical (unpaired) electrons. The summed E-state index contributed by atoms with van der Waals surface area (Å²) in [4.78, 5) is 11.2. The van der Waals surface area contributed by atoms with Crippen molar-refractivity contribution in [2.24, 2.45) is 12.5 Å². The Kier molecular flexibility index (Phi) is 2.81. The molecule has 0 aliphatic carbocycles. The maximum atomic E-state index is 11.2. The van der Waals surface area contributed by atoms with Crippen LogP contribution in [0.25, 0.3) is 10.9 Å². The van der Waals surface area contributed by atoms with Crippen LogP contribution in [0, 0.1) is 5.41 Å². The van der Waals surface area contributed by atoms with E-state index < -0.39 is 11.4 Å². The highest BCUT2D eigenvalue weighted by atomic mass is 16.4. The van der Waals surface area contributed by atoms with Crippen molar-refractivity contribution in [3.05, 3.63) is 30.0 Å². The first-order valence-corrected chi connectivity index (χ1v) is 5.81. The summed E-state index contributed by atoms with van der Waals surface area (Å²) in [5.41, 5.74) is 1.10. The topological polar surface area (TPSA) is 62.5 Å². The summed E-state index contributed by atoms with van der Waals surface area (Å²) in [6.07, 6.45) is 2.39. The summed E-state index contributed by atoms with van der Waals surface area (Å²) < 4.78 is 1.91. The average Bonchev–Trinajstić information content (AvgIpc) is 2.54. The first-order chi connectivity index (χ1) is 8.31. The van der Waals surface area contributed by atoms with Crippen molar-refractivity contribution in [3.63, 3.8) is 0 Å². The molecule has 2 aromatic rings. The average molecular weight is 247 g/mol. The van der Waals surface area contributed by atoms with Gasteiger partial charge in [0, 0.05) is 24.7 Å². The number of phenolic OH excluding ortho intramolecular Hbond substituents is 1. The molecule has 0 amide bonds. The standard InChI is InChI=1S/C14H17NO3/c1-14(2,13(17)18)7-9-8-15(3)12-6-10(16)4-5-11(9)12/h4-6,8,16H,7H2,1-3H3,(H,17,18). The highest BCUT2D eigenvalue weighted by Crippen LogP contribution is 2.30. The zero-order valence-electron chi connectivity index (χ0n) is 10.8. The van der Waals surface area contributed by atoms with Crippen molar-refractivity contribution in [1.82, 2.24) is 4.57 Å². The number of fused-ring (bicyclic) bond motifs is 1. The maximum absolute atomic E-state index is 11.2. The number of hydrogen-bond acceptors (Lipinski definition) is 2. The third-order valence-electron chi connectivity index (χ3n) is 3.27. The number of carbonyl (C=O) groups is 1. The number of carboxylic acids is 1. The van der Waals surface area contributed by atoms with E-state index in [1.165, 1.54) is 0 Å². The van der Waals surface area contributed by atoms with Gasteiger partial charge in [0.1, 0.15) is 5.75 Å². The molecule has 0 fully saturated rings. The first kappa shape index (κ1) is 12.5. The fourth-order valence-corrected chi connectivity index (χ4v) is 2.15. The number of aryl methyl sites for hydroxylation is 1. The van der Waals surface area contributed by atoms with E-state index in [4.69, 9.17) is 0 Å². The SMILES string of the molecule is Cn1cc(CC(C)(C)C(=O)O)c2ccc(O)cc21. The number of hydrogen-bond donors (Lipinski definition) is 2. The number of phenols is 1. The second-order valence-electron chi connectivity index (χ2n) is 5.33. The van der Waals surface area contributed by atoms with Crippen LogP contribution < -0.4 is 0 Å². The predicted octanol–water partition coefficient (Wildman–Crippen LogP) is 2.54. The molecule has 0 bridgehead atoms. The Balaban J connectivity index is 2.50. The summed E-state index contributed by atoms with van der Waals surface area (Å²) in [5.74, 6) is -0.592. The Labute approximate surface area is 105 Å². The van der Waals surface area contributed by atoms with E-state index in [1.54, 1.807) is 26.0 Å². The van der Waals surface area contributed by atoms with Gasteiger partial charge < -0.3 is 14.8 Å². The van der Waals surface area contributed by atoms with Crippen molar-refractivity contribution in [2.45, 2.75) is 20.3 Å². The molecule has 1 aromatic heterocycles. The number of carboxylic acid groups (broad SMARTS) is 1. The molecule has 0 saturated heterocycles. The van der Waals surface area contributed by atoms with Gasteiger partial charge in [-0.15, -0.1) is 0 Å². The van der Waals surface area contributed by atoms with Gasteiger partial charge in [-0.25, -0.2) is 0 Å². The lowest BCUT2D eigenvalue weighted by Crippen LogP contribution is -2.26. The van der Waals surface area contributed by atoms with E-state index in [0.717, 1.165) is 16.5 Å². The summed E-state index contributed by atoms with van der Waals surface area (Å²) >= 11 is 0. The van der Waals surface area contributed by atoms with E-state index in [0.29, 0.717) is 6.42 Å². The van der Waals surface area contributed by atoms with Gasteiger partial charge in [0.2, 0.25) is 0 Å². The molecule has 1 heterocycles. The molecule has 4 heteroatoms. The largest absolute Gasteiger partial charge is 0.508 e. The Morgan fingerprint density at radius 2 is 2.06 bits per heavy atom. The molecule has 0 unspecified atom stereocenters. The van der Waals surface area contributed by atoms with Crippen LogP contribution >= 0.6 is 0 Å². The molecule has 0 atom stereocenters. The van der Waals surface area contributed by atoms with Gasteiger partial charge in [-0.1, -0.05) is 0 Å². The third kappa shape index (κ3) is 2.06. The lowest BCUT2D eigenvalue weighted by molar-refractivity contribution is -0.146. The number of nitrogens with zero attached hydrogens (tertiary/aromatic N) is 1. The Bertz CT molecular complexity index is 611. The monoisotopic (exact) mass is 247 g/mol. The molecule has 96 valence electrons. The smallest absolute Gasteiger partial charge is 0.309 e. The van der Waals surface area contributed by atoms with Crippen molar-refractivity contribution in [1.29, 1.82) is 0 Å². The zero-order chi connectivity index (χ0) is 13.5. The number of rotatable bonds is 3. The molecule has 1 aromatic carbocycles. The van der Waals surface area contributed by atoms with Gasteiger partial charge in [0.25, 0.3) is 0 Å². The van der Waals surface area contributed by atoms with Gasteiger partial charge in [0.05, 0.1) is 10.9 Å². The highest BCUT2D eigenvalue weighted by molar-refractivity contribution is 5.86. The van der Waals surface area contributed by atoms with Crippen molar-refractivity contribution in [3.8, 4) is 5.75 Å². The molecule has 0 aliphatic rings. The quantitative estimate of drug-likeness (QED) is 0.876. The first-order valence-electron chi connectivity index (χ1n) is 5.81. The number of aromatic nitrogens is 1. The third-order valence-corrected chi connectivity index (χ3v) is 3.27. The van der Waals surface area contributed by atoms with Gasteiger partial charge in [-0.2, -0.15) is 0 Å². The molecular weight excluding hydrogens is 230 g/mol. The molecule has 2 rings (SSSR count). The summed E-state index contributed by atoms with van der Waals surface area (Å²) in [7, 11) is 1.89. The lowest BCUT2D eigenvalue weighted by atomic mass is 9.86. The van der Waals surface area contributed by atoms with Crippen molar-refractivity contribution >= 4 is 16.9 Å². The minimum atomic E-state index is -0.807. The summed E-state index contributed by atoms with van der Waals surface area (Å²) in [6, 6.07) is 5.14. The predicted molar refractivity (Wildman–Crippen MR) is 69.7 cm³/mol. The Hall–Kier alpha value is -1.97. The Morgan fingerprint density at radius 1 is 1.39 bits per heavy atom. The zero-order valence-corrected chi connectivity index (χ0v) is 10.8. The fourth-order valence-electron chi connectivity index (χ4n) is 2.15. The molecule has 4 nitrogen and oxygen atoms in total. The van der Waals surface area contributed by atoms with Gasteiger partial charge in [-0.3, -0.25) is 4.79 Å². The van der Waals surface area contributed by atoms with E-state index in [1.807, 2.05) is 23.9 Å². The van der Waals surface area contributed by atoms with E-state index in [-0.39, 0.29) is 5.75 Å². The molecule has 2 N–H and O–H groups in total. The van der Waals surface area contributed by atoms with Crippen molar-refractivity contribution in [2.75, 3.05) is 0 Å². The van der Waals surface area contributed by atoms with Crippen LogP contribution in [-0.4, -0.2) is 20.7 Å². The van der Waals surface area contributed by atoms with E-state index in [2.05, 4.69) is 0 Å². The van der Waals surface area contributed by atoms with Crippen LogP contribution in [0.3, 0.4) is 0 Å². The van der Waals surface area contributed by atoms with E-state index in [9.17, 15) is 15.0 Å². The maximum Gasteiger partial charge on any atom is 0.309 e. The Morgan fingerprint density at radius 3 is 2.67 bits per heavy atom. The normalized spacial score (nSPS) is 11.9. The number of aliphatic carboxylic acids is 1. The van der Waals surface area contributed by atoms with Crippen LogP contribution in [0.5, 0.6) is 5.75 Å². The molecule has 0 spiro atoms. The van der Waals surface area contributed by atoms with Crippen LogP contribution in [-0.2, 0) is 18.3 Å². The lowest BCUT2D eigenvalue weighted by Gasteiger charge is -2.18. The highest BCUT2D eigenvalue weighted by Gasteiger charge is 2.28. The van der Waals surface area contributed by atoms with Crippen LogP contribution in [0.1, 0.15) is 19.4 Å². The van der Waals surface area contributed by atoms with Crippen LogP contribution in [0.15, 0.2) is 24.4 Å². The second-order valence-corrected chi connectivity index (χ2v) is 5.33. The van der Waals surface area contributed by atoms with E-state index >= 15 is 0 Å². The minimum absolute atomic E-state index is 0.216. The minimum Gasteiger partial charge on any atom is -0.508 e. The number of aromatic hydroxyl groups is 1. The van der Waals surface area contributed by atoms with Crippen LogP contribution in [0.2, 0.25) is 0 Å².